The average molecular weight is 216 g/mol. The van der Waals surface area contributed by atoms with E-state index in [4.69, 9.17) is 5.73 Å². The number of carbonyl (C=O) groups is 1. The van der Waals surface area contributed by atoms with E-state index in [-0.39, 0.29) is 5.78 Å². The van der Waals surface area contributed by atoms with E-state index in [2.05, 4.69) is 11.1 Å². The van der Waals surface area contributed by atoms with Gasteiger partial charge in [0.25, 0.3) is 0 Å². The third-order valence-electron chi connectivity index (χ3n) is 2.92. The van der Waals surface area contributed by atoms with Gasteiger partial charge >= 0.3 is 0 Å². The Hall–Kier alpha value is -1.64. The molecule has 3 nitrogen and oxygen atoms in total. The average Bonchev–Trinajstić information content (AvgIpc) is 2.57. The molecule has 84 valence electrons. The summed E-state index contributed by atoms with van der Waals surface area (Å²) in [5, 5.41) is 0. The van der Waals surface area contributed by atoms with E-state index in [1.807, 2.05) is 0 Å². The second-order valence-electron chi connectivity index (χ2n) is 4.09. The Kier molecular flexibility index (Phi) is 3.34. The number of pyridine rings is 1. The van der Waals surface area contributed by atoms with Crippen LogP contribution in [-0.2, 0) is 0 Å². The number of nitrogens with two attached hydrogens (primary N) is 1. The lowest BCUT2D eigenvalue weighted by molar-refractivity contribution is 0.103. The van der Waals surface area contributed by atoms with E-state index in [0.29, 0.717) is 11.4 Å². The first kappa shape index (κ1) is 10.9. The van der Waals surface area contributed by atoms with Crippen LogP contribution in [0.2, 0.25) is 0 Å². The van der Waals surface area contributed by atoms with E-state index >= 15 is 0 Å². The molecule has 1 aromatic heterocycles. The third-order valence-corrected chi connectivity index (χ3v) is 2.92. The highest BCUT2D eigenvalue weighted by molar-refractivity contribution is 6.11. The SMILES string of the molecule is Nc1ncccc1C(=O)C1=CCCCCC1. The first-order valence-corrected chi connectivity index (χ1v) is 5.73. The predicted molar refractivity (Wildman–Crippen MR) is 64.1 cm³/mol. The van der Waals surface area contributed by atoms with Crippen molar-refractivity contribution in [1.82, 2.24) is 4.98 Å². The summed E-state index contributed by atoms with van der Waals surface area (Å²) < 4.78 is 0. The molecular weight excluding hydrogens is 200 g/mol. The first-order valence-electron chi connectivity index (χ1n) is 5.73. The maximum absolute atomic E-state index is 12.2. The van der Waals surface area contributed by atoms with Gasteiger partial charge in [-0.05, 0) is 43.4 Å². The Bertz CT molecular complexity index is 424. The highest BCUT2D eigenvalue weighted by Crippen LogP contribution is 2.22. The molecule has 16 heavy (non-hydrogen) atoms. The fourth-order valence-electron chi connectivity index (χ4n) is 2.00. The van der Waals surface area contributed by atoms with E-state index < -0.39 is 0 Å². The number of hydrogen-bond acceptors (Lipinski definition) is 3. The standard InChI is InChI=1S/C13H16N2O/c14-13-11(8-5-9-15-13)12(16)10-6-3-1-2-4-7-10/h5-6,8-9H,1-4,7H2,(H2,14,15). The number of ketones is 1. The molecule has 2 rings (SSSR count). The molecule has 0 aromatic carbocycles. The summed E-state index contributed by atoms with van der Waals surface area (Å²) in [7, 11) is 0. The molecule has 0 unspecified atom stereocenters. The summed E-state index contributed by atoms with van der Waals surface area (Å²) in [5.41, 5.74) is 7.15. The Morgan fingerprint density at radius 3 is 3.00 bits per heavy atom. The summed E-state index contributed by atoms with van der Waals surface area (Å²) >= 11 is 0. The Balaban J connectivity index is 2.24. The van der Waals surface area contributed by atoms with Crippen LogP contribution >= 0.6 is 0 Å². The van der Waals surface area contributed by atoms with Crippen molar-refractivity contribution in [2.75, 3.05) is 5.73 Å². The molecule has 0 amide bonds. The first-order chi connectivity index (χ1) is 7.79. The molecule has 3 heteroatoms. The number of rotatable bonds is 2. The normalized spacial score (nSPS) is 16.4. The Morgan fingerprint density at radius 2 is 2.19 bits per heavy atom. The van der Waals surface area contributed by atoms with E-state index in [1.54, 1.807) is 18.3 Å². The van der Waals surface area contributed by atoms with Crippen molar-refractivity contribution in [2.24, 2.45) is 0 Å². The smallest absolute Gasteiger partial charge is 0.192 e. The fourth-order valence-corrected chi connectivity index (χ4v) is 2.00. The van der Waals surface area contributed by atoms with Crippen LogP contribution in [0.25, 0.3) is 0 Å². The third kappa shape index (κ3) is 2.30. The van der Waals surface area contributed by atoms with Gasteiger partial charge in [-0.25, -0.2) is 4.98 Å². The number of nitrogen functional groups attached to an aromatic ring is 1. The minimum absolute atomic E-state index is 0.0486. The number of carbonyl (C=O) groups excluding carboxylic acids is 1. The van der Waals surface area contributed by atoms with Crippen molar-refractivity contribution < 1.29 is 4.79 Å². The molecule has 1 heterocycles. The fraction of sp³-hybridized carbons (Fsp3) is 0.385. The summed E-state index contributed by atoms with van der Waals surface area (Å²) in [6.07, 6.45) is 9.01. The zero-order valence-electron chi connectivity index (χ0n) is 9.28. The minimum Gasteiger partial charge on any atom is -0.383 e. The van der Waals surface area contributed by atoms with Crippen molar-refractivity contribution in [3.8, 4) is 0 Å². The van der Waals surface area contributed by atoms with Crippen LogP contribution in [0, 0.1) is 0 Å². The van der Waals surface area contributed by atoms with Gasteiger partial charge in [-0.15, -0.1) is 0 Å². The largest absolute Gasteiger partial charge is 0.383 e. The monoisotopic (exact) mass is 216 g/mol. The summed E-state index contributed by atoms with van der Waals surface area (Å²) in [5.74, 6) is 0.380. The van der Waals surface area contributed by atoms with Crippen LogP contribution in [0.4, 0.5) is 5.82 Å². The second kappa shape index (κ2) is 4.92. The maximum atomic E-state index is 12.2. The minimum atomic E-state index is 0.0486. The summed E-state index contributed by atoms with van der Waals surface area (Å²) in [6, 6.07) is 3.50. The molecule has 1 aliphatic carbocycles. The predicted octanol–water partition coefficient (Wildman–Crippen LogP) is 2.74. The Labute approximate surface area is 95.4 Å². The number of allylic oxidation sites excluding steroid dienone is 2. The molecule has 2 N–H and O–H groups in total. The number of Topliss-reactive ketones (excluding diaryl/α,β-unsaturated/α-hetero) is 1. The van der Waals surface area contributed by atoms with E-state index in [9.17, 15) is 4.79 Å². The van der Waals surface area contributed by atoms with Crippen molar-refractivity contribution in [1.29, 1.82) is 0 Å². The number of hydrogen-bond donors (Lipinski definition) is 1. The summed E-state index contributed by atoms with van der Waals surface area (Å²) in [4.78, 5) is 16.1. The molecule has 0 fully saturated rings. The highest BCUT2D eigenvalue weighted by atomic mass is 16.1. The molecule has 0 atom stereocenters. The highest BCUT2D eigenvalue weighted by Gasteiger charge is 2.16. The molecule has 0 aliphatic heterocycles. The molecule has 1 aromatic rings. The maximum Gasteiger partial charge on any atom is 0.192 e. The van der Waals surface area contributed by atoms with Crippen molar-refractivity contribution in [3.63, 3.8) is 0 Å². The van der Waals surface area contributed by atoms with Gasteiger partial charge in [0.15, 0.2) is 5.78 Å². The molecule has 1 aliphatic rings. The van der Waals surface area contributed by atoms with Gasteiger partial charge in [0.2, 0.25) is 0 Å². The van der Waals surface area contributed by atoms with Gasteiger partial charge in [-0.1, -0.05) is 12.5 Å². The zero-order valence-corrected chi connectivity index (χ0v) is 9.28. The number of nitrogens with zero attached hydrogens (tertiary/aromatic N) is 1. The van der Waals surface area contributed by atoms with Crippen LogP contribution in [-0.4, -0.2) is 10.8 Å². The van der Waals surface area contributed by atoms with E-state index in [1.165, 1.54) is 12.8 Å². The molecule has 0 radical (unpaired) electrons. The van der Waals surface area contributed by atoms with Gasteiger partial charge in [0, 0.05) is 6.20 Å². The van der Waals surface area contributed by atoms with Crippen LogP contribution in [0.1, 0.15) is 42.5 Å². The lowest BCUT2D eigenvalue weighted by Gasteiger charge is -2.06. The topological polar surface area (TPSA) is 56.0 Å². The quantitative estimate of drug-likeness (QED) is 0.773. The lowest BCUT2D eigenvalue weighted by Crippen LogP contribution is -2.08. The molecule has 0 spiro atoms. The zero-order chi connectivity index (χ0) is 11.4. The van der Waals surface area contributed by atoms with Gasteiger partial charge in [0.1, 0.15) is 5.82 Å². The van der Waals surface area contributed by atoms with Gasteiger partial charge in [0.05, 0.1) is 5.56 Å². The van der Waals surface area contributed by atoms with Gasteiger partial charge < -0.3 is 5.73 Å². The van der Waals surface area contributed by atoms with Crippen molar-refractivity contribution in [3.05, 3.63) is 35.5 Å². The summed E-state index contributed by atoms with van der Waals surface area (Å²) in [6.45, 7) is 0. The lowest BCUT2D eigenvalue weighted by atomic mass is 10.0. The van der Waals surface area contributed by atoms with E-state index in [0.717, 1.165) is 24.8 Å². The number of anilines is 1. The second-order valence-corrected chi connectivity index (χ2v) is 4.09. The molecule has 0 saturated carbocycles. The van der Waals surface area contributed by atoms with Crippen LogP contribution in [0.3, 0.4) is 0 Å². The van der Waals surface area contributed by atoms with Crippen molar-refractivity contribution >= 4 is 11.6 Å². The van der Waals surface area contributed by atoms with Crippen LogP contribution < -0.4 is 5.73 Å². The van der Waals surface area contributed by atoms with Gasteiger partial charge in [-0.3, -0.25) is 4.79 Å². The molecular formula is C13H16N2O. The number of aromatic nitrogens is 1. The molecule has 0 bridgehead atoms. The van der Waals surface area contributed by atoms with Crippen LogP contribution in [0.15, 0.2) is 30.0 Å². The molecule has 0 saturated heterocycles. The Morgan fingerprint density at radius 1 is 1.31 bits per heavy atom. The van der Waals surface area contributed by atoms with Crippen molar-refractivity contribution in [2.45, 2.75) is 32.1 Å². The van der Waals surface area contributed by atoms with Gasteiger partial charge in [-0.2, -0.15) is 0 Å². The van der Waals surface area contributed by atoms with Crippen LogP contribution in [0.5, 0.6) is 0 Å².